The molecule has 31 heavy (non-hydrogen) atoms. The molecule has 5 nitrogen and oxygen atoms in total. The van der Waals surface area contributed by atoms with E-state index in [4.69, 9.17) is 11.6 Å². The molecule has 2 aliphatic carbocycles. The van der Waals surface area contributed by atoms with Crippen molar-refractivity contribution < 1.29 is 4.79 Å². The van der Waals surface area contributed by atoms with E-state index in [0.717, 1.165) is 51.7 Å². The van der Waals surface area contributed by atoms with Crippen molar-refractivity contribution in [3.8, 4) is 0 Å². The summed E-state index contributed by atoms with van der Waals surface area (Å²) in [6, 6.07) is 15.5. The average Bonchev–Trinajstić information content (AvgIpc) is 3.13. The molecular weight excluding hydrogens is 430 g/mol. The summed E-state index contributed by atoms with van der Waals surface area (Å²) < 4.78 is 1.03. The van der Waals surface area contributed by atoms with E-state index >= 15 is 0 Å². The van der Waals surface area contributed by atoms with Crippen LogP contribution in [0.4, 0.5) is 0 Å². The van der Waals surface area contributed by atoms with Crippen molar-refractivity contribution in [2.24, 2.45) is 5.41 Å². The fourth-order valence-electron chi connectivity index (χ4n) is 5.42. The van der Waals surface area contributed by atoms with E-state index in [0.29, 0.717) is 21.7 Å². The minimum Gasteiger partial charge on any atom is -0.349 e. The molecule has 0 bridgehead atoms. The Morgan fingerprint density at radius 1 is 1.10 bits per heavy atom. The molecule has 0 atom stereocenters. The van der Waals surface area contributed by atoms with Crippen LogP contribution in [0.5, 0.6) is 0 Å². The zero-order valence-corrected chi connectivity index (χ0v) is 18.2. The van der Waals surface area contributed by atoms with Gasteiger partial charge in [0.25, 0.3) is 11.5 Å². The van der Waals surface area contributed by atoms with Crippen molar-refractivity contribution >= 4 is 49.7 Å². The first kappa shape index (κ1) is 19.0. The van der Waals surface area contributed by atoms with Gasteiger partial charge in [0.15, 0.2) is 0 Å². The number of aromatic nitrogens is 2. The number of carbonyl (C=O) groups excluding carboxylic acids is 1. The van der Waals surface area contributed by atoms with Gasteiger partial charge in [0, 0.05) is 27.1 Å². The summed E-state index contributed by atoms with van der Waals surface area (Å²) in [5, 5.41) is 13.6. The monoisotopic (exact) mass is 449 g/mol. The first-order valence-electron chi connectivity index (χ1n) is 10.5. The van der Waals surface area contributed by atoms with Crippen LogP contribution in [-0.2, 0) is 0 Å². The van der Waals surface area contributed by atoms with Crippen LogP contribution in [0, 0.1) is 5.41 Å². The van der Waals surface area contributed by atoms with Gasteiger partial charge in [-0.15, -0.1) is 11.3 Å². The first-order chi connectivity index (χ1) is 15.0. The van der Waals surface area contributed by atoms with Gasteiger partial charge in [0.2, 0.25) is 0 Å². The van der Waals surface area contributed by atoms with E-state index < -0.39 is 0 Å². The van der Waals surface area contributed by atoms with Gasteiger partial charge in [-0.3, -0.25) is 9.59 Å². The number of nitrogens with zero attached hydrogens (tertiary/aromatic N) is 1. The van der Waals surface area contributed by atoms with Crippen LogP contribution in [0.25, 0.3) is 20.9 Å². The highest BCUT2D eigenvalue weighted by Gasteiger charge is 2.54. The number of benzene rings is 2. The highest BCUT2D eigenvalue weighted by molar-refractivity contribution is 7.20. The van der Waals surface area contributed by atoms with E-state index in [1.54, 1.807) is 0 Å². The predicted molar refractivity (Wildman–Crippen MR) is 124 cm³/mol. The third kappa shape index (κ3) is 3.17. The number of aromatic amines is 1. The molecule has 6 rings (SSSR count). The largest absolute Gasteiger partial charge is 0.349 e. The van der Waals surface area contributed by atoms with Crippen molar-refractivity contribution in [1.82, 2.24) is 15.5 Å². The molecule has 2 aliphatic rings. The van der Waals surface area contributed by atoms with Gasteiger partial charge in [0.05, 0.1) is 16.0 Å². The molecule has 2 aromatic carbocycles. The average molecular weight is 450 g/mol. The van der Waals surface area contributed by atoms with Crippen LogP contribution in [0.2, 0.25) is 5.02 Å². The Kier molecular flexibility index (Phi) is 4.24. The molecule has 156 valence electrons. The Morgan fingerprint density at radius 2 is 1.87 bits per heavy atom. The van der Waals surface area contributed by atoms with Gasteiger partial charge >= 0.3 is 0 Å². The molecule has 2 saturated carbocycles. The second kappa shape index (κ2) is 6.90. The first-order valence-corrected chi connectivity index (χ1v) is 11.7. The number of amides is 1. The summed E-state index contributed by atoms with van der Waals surface area (Å²) in [5.41, 5.74) is 1.16. The number of hydrogen-bond donors (Lipinski definition) is 2. The van der Waals surface area contributed by atoms with E-state index in [1.165, 1.54) is 11.3 Å². The van der Waals surface area contributed by atoms with Crippen molar-refractivity contribution in [1.29, 1.82) is 0 Å². The summed E-state index contributed by atoms with van der Waals surface area (Å²) in [4.78, 5) is 25.5. The van der Waals surface area contributed by atoms with Gasteiger partial charge in [-0.2, -0.15) is 5.10 Å². The highest BCUT2D eigenvalue weighted by atomic mass is 35.5. The molecular formula is C24H20ClN3O2S. The van der Waals surface area contributed by atoms with Crippen LogP contribution in [0.3, 0.4) is 0 Å². The van der Waals surface area contributed by atoms with Crippen molar-refractivity contribution in [2.45, 2.75) is 37.6 Å². The normalized spacial score (nSPS) is 24.8. The molecule has 4 aromatic rings. The Morgan fingerprint density at radius 3 is 2.68 bits per heavy atom. The Balaban J connectivity index is 1.10. The Hall–Kier alpha value is -2.70. The molecule has 2 N–H and O–H groups in total. The lowest BCUT2D eigenvalue weighted by atomic mass is 9.49. The van der Waals surface area contributed by atoms with E-state index in [2.05, 4.69) is 15.5 Å². The molecule has 7 heteroatoms. The third-order valence-corrected chi connectivity index (χ3v) is 8.20. The standard InChI is InChI=1S/C24H20ClN3O2S/c25-15-6-5-13-7-20(31-19(13)8-15)23(30)26-16-11-24(12-16)9-14(10-24)21-17-3-1-2-4-18(17)22(29)28-27-21/h1-8,14,16H,9-12H2,(H,26,30)(H,28,29). The van der Waals surface area contributed by atoms with Crippen LogP contribution in [0.15, 0.2) is 53.3 Å². The number of fused-ring (bicyclic) bond motifs is 2. The van der Waals surface area contributed by atoms with E-state index in [-0.39, 0.29) is 17.5 Å². The maximum absolute atomic E-state index is 12.7. The van der Waals surface area contributed by atoms with Crippen LogP contribution >= 0.6 is 22.9 Å². The maximum atomic E-state index is 12.7. The minimum absolute atomic E-state index is 0.00124. The fraction of sp³-hybridized carbons (Fsp3) is 0.292. The van der Waals surface area contributed by atoms with Crippen LogP contribution in [-0.4, -0.2) is 22.1 Å². The van der Waals surface area contributed by atoms with Crippen molar-refractivity contribution in [3.63, 3.8) is 0 Å². The lowest BCUT2D eigenvalue weighted by Crippen LogP contribution is -2.55. The lowest BCUT2D eigenvalue weighted by molar-refractivity contribution is -0.0196. The summed E-state index contributed by atoms with van der Waals surface area (Å²) >= 11 is 7.54. The number of halogens is 1. The van der Waals surface area contributed by atoms with Gasteiger partial charge < -0.3 is 5.32 Å². The van der Waals surface area contributed by atoms with E-state index in [1.807, 2.05) is 48.5 Å². The second-order valence-corrected chi connectivity index (χ2v) is 10.5. The van der Waals surface area contributed by atoms with Crippen molar-refractivity contribution in [2.75, 3.05) is 0 Å². The number of thiophene rings is 1. The van der Waals surface area contributed by atoms with Gasteiger partial charge in [-0.1, -0.05) is 35.9 Å². The van der Waals surface area contributed by atoms with Crippen molar-refractivity contribution in [3.05, 3.63) is 74.5 Å². The summed E-state index contributed by atoms with van der Waals surface area (Å²) in [6.07, 6.45) is 4.13. The molecule has 0 saturated heterocycles. The van der Waals surface area contributed by atoms with E-state index in [9.17, 15) is 9.59 Å². The SMILES string of the molecule is O=C(NC1CC2(C1)CC(c1n[nH]c(=O)c3ccccc13)C2)c1cc2ccc(Cl)cc2s1. The maximum Gasteiger partial charge on any atom is 0.272 e. The molecule has 0 unspecified atom stereocenters. The van der Waals surface area contributed by atoms with Gasteiger partial charge in [0.1, 0.15) is 0 Å². The predicted octanol–water partition coefficient (Wildman–Crippen LogP) is 5.25. The Bertz CT molecular complexity index is 1390. The second-order valence-electron chi connectivity index (χ2n) is 8.96. The summed E-state index contributed by atoms with van der Waals surface area (Å²) in [6.45, 7) is 0. The fourth-order valence-corrected chi connectivity index (χ4v) is 6.66. The zero-order chi connectivity index (χ0) is 21.2. The molecule has 1 spiro atoms. The van der Waals surface area contributed by atoms with Gasteiger partial charge in [-0.05, 0) is 60.7 Å². The van der Waals surface area contributed by atoms with Gasteiger partial charge in [-0.25, -0.2) is 5.10 Å². The molecule has 0 radical (unpaired) electrons. The summed E-state index contributed by atoms with van der Waals surface area (Å²) in [5.74, 6) is 0.368. The molecule has 2 heterocycles. The number of nitrogens with one attached hydrogen (secondary N) is 2. The zero-order valence-electron chi connectivity index (χ0n) is 16.7. The number of rotatable bonds is 3. The molecule has 0 aliphatic heterocycles. The van der Waals surface area contributed by atoms with Crippen LogP contribution < -0.4 is 10.9 Å². The minimum atomic E-state index is -0.136. The quantitative estimate of drug-likeness (QED) is 0.448. The number of hydrogen-bond acceptors (Lipinski definition) is 4. The highest BCUT2D eigenvalue weighted by Crippen LogP contribution is 2.62. The Labute approximate surface area is 187 Å². The molecule has 2 fully saturated rings. The topological polar surface area (TPSA) is 74.8 Å². The van der Waals surface area contributed by atoms with Crippen LogP contribution in [0.1, 0.15) is 47.0 Å². The lowest BCUT2D eigenvalue weighted by Gasteiger charge is -2.57. The smallest absolute Gasteiger partial charge is 0.272 e. The summed E-state index contributed by atoms with van der Waals surface area (Å²) in [7, 11) is 0. The number of carbonyl (C=O) groups is 1. The third-order valence-electron chi connectivity index (χ3n) is 6.87. The molecule has 2 aromatic heterocycles. The number of H-pyrrole nitrogens is 1. The molecule has 1 amide bonds.